The summed E-state index contributed by atoms with van der Waals surface area (Å²) in [5, 5.41) is 1.41. The van der Waals surface area contributed by atoms with Crippen molar-refractivity contribution in [1.82, 2.24) is 9.47 Å². The monoisotopic (exact) mass is 528 g/mol. The fraction of sp³-hybridized carbons (Fsp3) is 0.355. The molecule has 6 rings (SSSR count). The molecule has 0 saturated carbocycles. The number of likely N-dealkylation sites (tertiary alicyclic amines) is 1. The number of halogens is 1. The molecule has 0 spiro atoms. The number of aryl methyl sites for hydroxylation is 1. The van der Waals surface area contributed by atoms with Gasteiger partial charge in [-0.3, -0.25) is 0 Å². The highest BCUT2D eigenvalue weighted by Crippen LogP contribution is 2.50. The molecule has 35 heavy (non-hydrogen) atoms. The molecule has 1 saturated heterocycles. The van der Waals surface area contributed by atoms with Crippen LogP contribution in [-0.4, -0.2) is 36.2 Å². The Morgan fingerprint density at radius 1 is 1.03 bits per heavy atom. The number of benzene rings is 3. The number of rotatable bonds is 5. The van der Waals surface area contributed by atoms with Crippen molar-refractivity contribution in [2.75, 3.05) is 26.7 Å². The van der Waals surface area contributed by atoms with Gasteiger partial charge in [0.05, 0.1) is 7.11 Å². The van der Waals surface area contributed by atoms with E-state index in [9.17, 15) is 0 Å². The summed E-state index contributed by atoms with van der Waals surface area (Å²) >= 11 is 3.72. The third kappa shape index (κ3) is 4.01. The minimum absolute atomic E-state index is 0.143. The van der Waals surface area contributed by atoms with Crippen LogP contribution in [0.5, 0.6) is 5.75 Å². The van der Waals surface area contributed by atoms with Crippen molar-refractivity contribution >= 4 is 26.8 Å². The Balaban J connectivity index is 1.39. The predicted molar refractivity (Wildman–Crippen MR) is 147 cm³/mol. The molecule has 4 aromatic rings. The van der Waals surface area contributed by atoms with E-state index >= 15 is 0 Å². The highest BCUT2D eigenvalue weighted by molar-refractivity contribution is 9.10. The van der Waals surface area contributed by atoms with E-state index < -0.39 is 0 Å². The van der Waals surface area contributed by atoms with Crippen LogP contribution in [-0.2, 0) is 31.7 Å². The van der Waals surface area contributed by atoms with Gasteiger partial charge in [-0.2, -0.15) is 0 Å². The lowest BCUT2D eigenvalue weighted by molar-refractivity contribution is 0.0815. The molecule has 180 valence electrons. The van der Waals surface area contributed by atoms with Crippen LogP contribution in [0.1, 0.15) is 28.8 Å². The zero-order valence-electron chi connectivity index (χ0n) is 20.6. The molecular weight excluding hydrogens is 496 g/mol. The van der Waals surface area contributed by atoms with E-state index in [1.807, 2.05) is 0 Å². The lowest BCUT2D eigenvalue weighted by atomic mass is 9.58. The van der Waals surface area contributed by atoms with Crippen LogP contribution in [0.4, 0.5) is 0 Å². The summed E-state index contributed by atoms with van der Waals surface area (Å²) in [5.41, 5.74) is 7.43. The summed E-state index contributed by atoms with van der Waals surface area (Å²) in [6, 6.07) is 26.6. The maximum atomic E-state index is 5.66. The molecular formula is C31H33BrN2O. The lowest BCUT2D eigenvalue weighted by Gasteiger charge is -2.51. The van der Waals surface area contributed by atoms with Gasteiger partial charge in [0.2, 0.25) is 0 Å². The van der Waals surface area contributed by atoms with Gasteiger partial charge in [-0.1, -0.05) is 58.4 Å². The molecule has 1 aliphatic carbocycles. The van der Waals surface area contributed by atoms with Gasteiger partial charge >= 0.3 is 0 Å². The Morgan fingerprint density at radius 2 is 1.89 bits per heavy atom. The number of nitrogens with zero attached hydrogens (tertiary/aromatic N) is 2. The molecule has 2 atom stereocenters. The van der Waals surface area contributed by atoms with E-state index in [1.165, 1.54) is 34.1 Å². The number of hydrogen-bond donors (Lipinski definition) is 0. The molecule has 0 radical (unpaired) electrons. The molecule has 2 aliphatic rings. The minimum Gasteiger partial charge on any atom is -0.497 e. The van der Waals surface area contributed by atoms with Crippen LogP contribution < -0.4 is 4.74 Å². The Kier molecular flexibility index (Phi) is 5.98. The standard InChI is InChI=1S/C31H33BrN2O/c1-33-29-12-11-25(32)19-28(29)27-18-24-21-34(15-13-22-7-4-3-5-8-22)16-14-31(24,20-30(27)33)23-9-6-10-26(17-23)35-2/h3-12,17,19,24H,13-16,18,20-21H2,1-2H3. The van der Waals surface area contributed by atoms with Gasteiger partial charge in [-0.15, -0.1) is 0 Å². The Hall–Kier alpha value is -2.56. The molecule has 1 aliphatic heterocycles. The SMILES string of the molecule is COc1cccc(C23CCN(CCc4ccccc4)CC2Cc2c(n(C)c4ccc(Br)cc24)C3)c1. The molecule has 1 aromatic heterocycles. The van der Waals surface area contributed by atoms with Gasteiger partial charge in [-0.25, -0.2) is 0 Å². The van der Waals surface area contributed by atoms with Crippen molar-refractivity contribution in [3.63, 3.8) is 0 Å². The molecule has 0 bridgehead atoms. The first-order chi connectivity index (χ1) is 17.1. The van der Waals surface area contributed by atoms with Crippen LogP contribution in [0, 0.1) is 5.92 Å². The van der Waals surface area contributed by atoms with Crippen LogP contribution in [0.25, 0.3) is 10.9 Å². The summed E-state index contributed by atoms with van der Waals surface area (Å²) in [6.07, 6.45) is 4.52. The van der Waals surface area contributed by atoms with E-state index in [1.54, 1.807) is 12.7 Å². The highest BCUT2D eigenvalue weighted by atomic mass is 79.9. The van der Waals surface area contributed by atoms with Gasteiger partial charge in [0.25, 0.3) is 0 Å². The van der Waals surface area contributed by atoms with Gasteiger partial charge in [0.15, 0.2) is 0 Å². The summed E-state index contributed by atoms with van der Waals surface area (Å²) in [4.78, 5) is 2.71. The Bertz CT molecular complexity index is 1360. The molecule has 2 unspecified atom stereocenters. The van der Waals surface area contributed by atoms with Gasteiger partial charge in [-0.05, 0) is 85.2 Å². The van der Waals surface area contributed by atoms with Crippen molar-refractivity contribution < 1.29 is 4.74 Å². The zero-order valence-corrected chi connectivity index (χ0v) is 22.2. The number of piperidine rings is 1. The minimum atomic E-state index is 0.143. The zero-order chi connectivity index (χ0) is 24.0. The van der Waals surface area contributed by atoms with E-state index in [0.29, 0.717) is 5.92 Å². The molecule has 3 aromatic carbocycles. The van der Waals surface area contributed by atoms with Gasteiger partial charge in [0.1, 0.15) is 5.75 Å². The summed E-state index contributed by atoms with van der Waals surface area (Å²) in [5.74, 6) is 1.55. The number of aromatic nitrogens is 1. The maximum Gasteiger partial charge on any atom is 0.119 e. The smallest absolute Gasteiger partial charge is 0.119 e. The number of hydrogen-bond acceptors (Lipinski definition) is 2. The predicted octanol–water partition coefficient (Wildman–Crippen LogP) is 6.55. The summed E-state index contributed by atoms with van der Waals surface area (Å²) in [6.45, 7) is 3.42. The maximum absolute atomic E-state index is 5.66. The largest absolute Gasteiger partial charge is 0.497 e. The van der Waals surface area contributed by atoms with Crippen LogP contribution in [0.15, 0.2) is 77.3 Å². The fourth-order valence-corrected chi connectivity index (χ4v) is 7.09. The van der Waals surface area contributed by atoms with Crippen molar-refractivity contribution in [1.29, 1.82) is 0 Å². The van der Waals surface area contributed by atoms with E-state index in [2.05, 4.69) is 105 Å². The normalized spacial score (nSPS) is 22.1. The number of fused-ring (bicyclic) bond motifs is 4. The van der Waals surface area contributed by atoms with Crippen molar-refractivity contribution in [2.24, 2.45) is 13.0 Å². The van der Waals surface area contributed by atoms with Gasteiger partial charge < -0.3 is 14.2 Å². The number of methoxy groups -OCH3 is 1. The van der Waals surface area contributed by atoms with E-state index in [-0.39, 0.29) is 5.41 Å². The average molecular weight is 530 g/mol. The van der Waals surface area contributed by atoms with E-state index in [0.717, 1.165) is 49.1 Å². The third-order valence-corrected chi connectivity index (χ3v) is 9.16. The summed E-state index contributed by atoms with van der Waals surface area (Å²) < 4.78 is 9.28. The van der Waals surface area contributed by atoms with Crippen molar-refractivity contribution in [2.45, 2.75) is 31.1 Å². The quantitative estimate of drug-likeness (QED) is 0.292. The van der Waals surface area contributed by atoms with Crippen LogP contribution in [0.3, 0.4) is 0 Å². The Labute approximate surface area is 216 Å². The summed E-state index contributed by atoms with van der Waals surface area (Å²) in [7, 11) is 4.03. The van der Waals surface area contributed by atoms with Crippen molar-refractivity contribution in [3.05, 3.63) is 99.7 Å². The molecule has 3 nitrogen and oxygen atoms in total. The van der Waals surface area contributed by atoms with Gasteiger partial charge in [0, 0.05) is 46.6 Å². The van der Waals surface area contributed by atoms with Crippen LogP contribution >= 0.6 is 15.9 Å². The second-order valence-electron chi connectivity index (χ2n) is 10.4. The third-order valence-electron chi connectivity index (χ3n) is 8.67. The molecule has 1 fully saturated rings. The van der Waals surface area contributed by atoms with Crippen LogP contribution in [0.2, 0.25) is 0 Å². The van der Waals surface area contributed by atoms with E-state index in [4.69, 9.17) is 4.74 Å². The highest BCUT2D eigenvalue weighted by Gasteiger charge is 2.48. The second-order valence-corrected chi connectivity index (χ2v) is 11.3. The molecule has 0 amide bonds. The lowest BCUT2D eigenvalue weighted by Crippen LogP contribution is -2.54. The molecule has 0 N–H and O–H groups in total. The molecule has 4 heteroatoms. The average Bonchev–Trinajstić information content (AvgIpc) is 3.16. The second kappa shape index (κ2) is 9.15. The Morgan fingerprint density at radius 3 is 2.71 bits per heavy atom. The first-order valence-electron chi connectivity index (χ1n) is 12.7. The number of ether oxygens (including phenoxy) is 1. The first-order valence-corrected chi connectivity index (χ1v) is 13.5. The fourth-order valence-electron chi connectivity index (χ4n) is 6.73. The first kappa shape index (κ1) is 22.9. The topological polar surface area (TPSA) is 17.4 Å². The molecule has 2 heterocycles. The van der Waals surface area contributed by atoms with Crippen molar-refractivity contribution in [3.8, 4) is 5.75 Å².